The maximum atomic E-state index is 9.23. The Morgan fingerprint density at radius 1 is 0.365 bits per heavy atom. The zero-order valence-corrected chi connectivity index (χ0v) is 32.0. The van der Waals surface area contributed by atoms with Crippen LogP contribution in [-0.4, -0.2) is 41.4 Å². The largest absolute Gasteiger partial charge is 0.907 e. The molecule has 6 aromatic carbocycles. The normalized spacial score (nSPS) is 11.9. The third-order valence-corrected chi connectivity index (χ3v) is 12.9. The lowest BCUT2D eigenvalue weighted by atomic mass is 10.2. The van der Waals surface area contributed by atoms with Gasteiger partial charge >= 0.3 is 0 Å². The molecule has 0 aliphatic carbocycles. The molecule has 3 N–H and O–H groups in total. The monoisotopic (exact) mass is 752 g/mol. The number of aromatic hydroxyl groups is 3. The van der Waals surface area contributed by atoms with Gasteiger partial charge in [0.1, 0.15) is 53.3 Å². The molecule has 0 radical (unpaired) electrons. The molecule has 3 unspecified atom stereocenters. The standard InChI is InChI=1S/3C14H14OS.BO3/c3*1-16(11-12-5-3-2-4-6-12)14-9-7-13(15)8-10-14;2-1(3)4/h3*2-10H,11H2,1H3;/q;;;-3/p+3. The van der Waals surface area contributed by atoms with Gasteiger partial charge in [0.15, 0.2) is 14.7 Å². The Balaban J connectivity index is 0.000000200. The zero-order chi connectivity index (χ0) is 37.7. The van der Waals surface area contributed by atoms with Gasteiger partial charge in [-0.1, -0.05) is 91.0 Å². The van der Waals surface area contributed by atoms with Gasteiger partial charge in [0.25, 0.3) is 0 Å². The second-order valence-electron chi connectivity index (χ2n) is 11.6. The number of benzene rings is 6. The highest BCUT2D eigenvalue weighted by Gasteiger charge is 2.17. The van der Waals surface area contributed by atoms with Crippen molar-refractivity contribution in [2.24, 2.45) is 0 Å². The van der Waals surface area contributed by atoms with Crippen molar-refractivity contribution in [3.05, 3.63) is 180 Å². The van der Waals surface area contributed by atoms with E-state index in [0.717, 1.165) is 17.3 Å². The minimum atomic E-state index is -2.92. The SMILES string of the molecule is C[S+](Cc1ccccc1)c1ccc(O)cc1.C[S+](Cc1ccccc1)c1ccc(O)cc1.C[S+](Cc1ccccc1)c1ccc(O)cc1.[O-]B([O-])[O-]. The Labute approximate surface area is 317 Å². The molecule has 270 valence electrons. The van der Waals surface area contributed by atoms with Crippen molar-refractivity contribution >= 4 is 40.0 Å². The molecule has 52 heavy (non-hydrogen) atoms. The van der Waals surface area contributed by atoms with Crippen LogP contribution < -0.4 is 15.1 Å². The lowest BCUT2D eigenvalue weighted by Crippen LogP contribution is -2.56. The Bertz CT molecular complexity index is 1580. The van der Waals surface area contributed by atoms with E-state index >= 15 is 0 Å². The van der Waals surface area contributed by atoms with E-state index in [1.165, 1.54) is 31.4 Å². The first-order chi connectivity index (χ1) is 25.0. The molecule has 0 spiro atoms. The first kappa shape index (κ1) is 42.1. The summed E-state index contributed by atoms with van der Waals surface area (Å²) in [6.07, 6.45) is 6.71. The van der Waals surface area contributed by atoms with E-state index in [4.69, 9.17) is 15.1 Å². The van der Waals surface area contributed by atoms with Crippen molar-refractivity contribution in [1.82, 2.24) is 0 Å². The van der Waals surface area contributed by atoms with Gasteiger partial charge in [-0.2, -0.15) is 0 Å². The molecule has 0 saturated heterocycles. The minimum absolute atomic E-state index is 0.196. The number of phenols is 3. The van der Waals surface area contributed by atoms with E-state index in [9.17, 15) is 15.3 Å². The molecular formula is C42H45BO6S3. The first-order valence-electron chi connectivity index (χ1n) is 16.3. The molecule has 0 aliphatic rings. The average molecular weight is 753 g/mol. The number of hydrogen-bond donors (Lipinski definition) is 3. The van der Waals surface area contributed by atoms with Crippen molar-refractivity contribution in [1.29, 1.82) is 0 Å². The Kier molecular flexibility index (Phi) is 18.9. The van der Waals surface area contributed by atoms with Crippen molar-refractivity contribution in [3.8, 4) is 17.2 Å². The summed E-state index contributed by atoms with van der Waals surface area (Å²) in [5.41, 5.74) is 4.09. The van der Waals surface area contributed by atoms with Gasteiger partial charge in [0, 0.05) is 49.4 Å². The molecule has 0 heterocycles. The molecule has 0 amide bonds. The number of hydrogen-bond acceptors (Lipinski definition) is 6. The van der Waals surface area contributed by atoms with Crippen molar-refractivity contribution in [2.75, 3.05) is 18.8 Å². The molecule has 3 atom stereocenters. The fraction of sp³-hybridized carbons (Fsp3) is 0.143. The third kappa shape index (κ3) is 16.8. The zero-order valence-electron chi connectivity index (χ0n) is 29.6. The summed E-state index contributed by atoms with van der Waals surface area (Å²) in [6.45, 7) is 0. The summed E-state index contributed by atoms with van der Waals surface area (Å²) in [5.74, 6) is 4.18. The van der Waals surface area contributed by atoms with Crippen LogP contribution in [0, 0.1) is 0 Å². The van der Waals surface area contributed by atoms with Crippen molar-refractivity contribution in [3.63, 3.8) is 0 Å². The van der Waals surface area contributed by atoms with E-state index in [1.54, 1.807) is 36.4 Å². The van der Waals surface area contributed by atoms with Crippen molar-refractivity contribution < 1.29 is 30.4 Å². The predicted octanol–water partition coefficient (Wildman–Crippen LogP) is 5.65. The molecule has 10 heteroatoms. The van der Waals surface area contributed by atoms with E-state index in [1.807, 2.05) is 54.6 Å². The van der Waals surface area contributed by atoms with Gasteiger partial charge in [0.2, 0.25) is 0 Å². The molecule has 0 bridgehead atoms. The van der Waals surface area contributed by atoms with Gasteiger partial charge < -0.3 is 30.4 Å². The summed E-state index contributed by atoms with van der Waals surface area (Å²) >= 11 is 0. The van der Waals surface area contributed by atoms with E-state index in [2.05, 4.69) is 91.6 Å². The van der Waals surface area contributed by atoms with Crippen LogP contribution in [0.3, 0.4) is 0 Å². The summed E-state index contributed by atoms with van der Waals surface area (Å²) in [6, 6.07) is 54.0. The minimum Gasteiger partial charge on any atom is -0.907 e. The second-order valence-corrected chi connectivity index (χ2v) is 17.7. The van der Waals surface area contributed by atoms with Crippen LogP contribution in [0.5, 0.6) is 17.2 Å². The van der Waals surface area contributed by atoms with E-state index in [0.29, 0.717) is 17.2 Å². The molecule has 6 aromatic rings. The van der Waals surface area contributed by atoms with Crippen LogP contribution in [0.25, 0.3) is 0 Å². The highest BCUT2D eigenvalue weighted by molar-refractivity contribution is 7.96. The quantitative estimate of drug-likeness (QED) is 0.129. The van der Waals surface area contributed by atoms with Crippen LogP contribution in [0.1, 0.15) is 16.7 Å². The van der Waals surface area contributed by atoms with Crippen LogP contribution in [0.15, 0.2) is 178 Å². The fourth-order valence-electron chi connectivity index (χ4n) is 4.76. The lowest BCUT2D eigenvalue weighted by Gasteiger charge is -2.35. The number of rotatable bonds is 9. The fourth-order valence-corrected chi connectivity index (χ4v) is 9.14. The Morgan fingerprint density at radius 2 is 0.558 bits per heavy atom. The third-order valence-electron chi connectivity index (χ3n) is 7.40. The average Bonchev–Trinajstić information content (AvgIpc) is 3.14. The highest BCUT2D eigenvalue weighted by atomic mass is 32.2. The van der Waals surface area contributed by atoms with Gasteiger partial charge in [-0.05, 0) is 72.8 Å². The van der Waals surface area contributed by atoms with Crippen LogP contribution in [0.2, 0.25) is 0 Å². The van der Waals surface area contributed by atoms with E-state index in [-0.39, 0.29) is 32.7 Å². The second kappa shape index (κ2) is 23.3. The van der Waals surface area contributed by atoms with Gasteiger partial charge in [0.05, 0.1) is 0 Å². The molecule has 0 fully saturated rings. The topological polar surface area (TPSA) is 130 Å². The molecule has 0 aliphatic heterocycles. The lowest BCUT2D eigenvalue weighted by molar-refractivity contribution is -0.479. The Morgan fingerprint density at radius 3 is 0.750 bits per heavy atom. The molecule has 0 aromatic heterocycles. The first-order valence-corrected chi connectivity index (χ1v) is 21.7. The van der Waals surface area contributed by atoms with Crippen LogP contribution >= 0.6 is 0 Å². The van der Waals surface area contributed by atoms with Crippen LogP contribution in [0.4, 0.5) is 0 Å². The summed E-state index contributed by atoms with van der Waals surface area (Å²) in [5, 5.41) is 52.9. The van der Waals surface area contributed by atoms with Gasteiger partial charge in [-0.25, -0.2) is 0 Å². The maximum absolute atomic E-state index is 9.23. The van der Waals surface area contributed by atoms with E-state index < -0.39 is 7.32 Å². The Hall–Kier alpha value is -4.29. The van der Waals surface area contributed by atoms with Crippen LogP contribution in [-0.2, 0) is 49.9 Å². The smallest absolute Gasteiger partial charge is 0.155 e. The highest BCUT2D eigenvalue weighted by Crippen LogP contribution is 2.21. The van der Waals surface area contributed by atoms with Gasteiger partial charge in [-0.3, -0.25) is 7.32 Å². The number of phenolic OH excluding ortho intramolecular Hbond substituents is 3. The van der Waals surface area contributed by atoms with Gasteiger partial charge in [-0.15, -0.1) is 0 Å². The predicted molar refractivity (Wildman–Crippen MR) is 215 cm³/mol. The molecule has 6 nitrogen and oxygen atoms in total. The molecule has 6 rings (SSSR count). The van der Waals surface area contributed by atoms with Crippen molar-refractivity contribution in [2.45, 2.75) is 31.9 Å². The summed E-state index contributed by atoms with van der Waals surface area (Å²) in [7, 11) is -2.33. The summed E-state index contributed by atoms with van der Waals surface area (Å²) in [4.78, 5) is 3.88. The molecule has 0 saturated carbocycles. The maximum Gasteiger partial charge on any atom is 0.155 e. The molecular weight excluding hydrogens is 707 g/mol. The summed E-state index contributed by atoms with van der Waals surface area (Å²) < 4.78 is 0.